The molecular formula is C18H26N2O4S. The average molecular weight is 366 g/mol. The average Bonchev–Trinajstić information content (AvgIpc) is 2.99. The zero-order chi connectivity index (χ0) is 17.7. The molecule has 0 bridgehead atoms. The molecule has 0 spiro atoms. The smallest absolute Gasteiger partial charge is 0.222 e. The molecule has 2 aliphatic rings. The molecular weight excluding hydrogens is 340 g/mol. The van der Waals surface area contributed by atoms with Crippen LogP contribution in [0, 0.1) is 0 Å². The van der Waals surface area contributed by atoms with Gasteiger partial charge in [0.05, 0.1) is 18.1 Å². The Morgan fingerprint density at radius 2 is 1.84 bits per heavy atom. The summed E-state index contributed by atoms with van der Waals surface area (Å²) >= 11 is 0. The van der Waals surface area contributed by atoms with Crippen LogP contribution >= 0.6 is 0 Å². The van der Waals surface area contributed by atoms with E-state index in [1.54, 1.807) is 0 Å². The van der Waals surface area contributed by atoms with E-state index in [1.165, 1.54) is 0 Å². The highest BCUT2D eigenvalue weighted by Gasteiger charge is 2.34. The Bertz CT molecular complexity index is 670. The topological polar surface area (TPSA) is 66.9 Å². The minimum Gasteiger partial charge on any atom is -0.494 e. The van der Waals surface area contributed by atoms with E-state index in [4.69, 9.17) is 4.74 Å². The maximum Gasteiger partial charge on any atom is 0.222 e. The number of ether oxygens (including phenoxy) is 1. The summed E-state index contributed by atoms with van der Waals surface area (Å²) in [6.07, 6.45) is 1.92. The van der Waals surface area contributed by atoms with Gasteiger partial charge in [-0.05, 0) is 25.0 Å². The van der Waals surface area contributed by atoms with E-state index in [0.717, 1.165) is 25.3 Å². The van der Waals surface area contributed by atoms with Gasteiger partial charge < -0.3 is 9.64 Å². The van der Waals surface area contributed by atoms with Gasteiger partial charge in [-0.2, -0.15) is 0 Å². The summed E-state index contributed by atoms with van der Waals surface area (Å²) in [7, 11) is -2.85. The van der Waals surface area contributed by atoms with Crippen molar-refractivity contribution in [1.29, 1.82) is 0 Å². The van der Waals surface area contributed by atoms with Crippen molar-refractivity contribution in [3.05, 3.63) is 30.3 Å². The quantitative estimate of drug-likeness (QED) is 0.707. The second-order valence-electron chi connectivity index (χ2n) is 6.74. The van der Waals surface area contributed by atoms with E-state index < -0.39 is 9.84 Å². The van der Waals surface area contributed by atoms with Gasteiger partial charge in [-0.15, -0.1) is 0 Å². The standard InChI is InChI=1S/C18H26N2O4S/c21-18(7-4-13-24-17-5-2-1-3-6-17)20-11-9-19(10-12-20)16-8-14-25(22,23)15-16/h1-3,5-6,16H,4,7-15H2. The van der Waals surface area contributed by atoms with Crippen molar-refractivity contribution in [3.63, 3.8) is 0 Å². The van der Waals surface area contributed by atoms with E-state index in [-0.39, 0.29) is 17.7 Å². The number of benzene rings is 1. The molecule has 2 saturated heterocycles. The maximum atomic E-state index is 12.3. The monoisotopic (exact) mass is 366 g/mol. The highest BCUT2D eigenvalue weighted by Crippen LogP contribution is 2.19. The largest absolute Gasteiger partial charge is 0.494 e. The second-order valence-corrected chi connectivity index (χ2v) is 8.97. The first-order valence-corrected chi connectivity index (χ1v) is 10.8. The fraction of sp³-hybridized carbons (Fsp3) is 0.611. The van der Waals surface area contributed by atoms with Gasteiger partial charge in [0, 0.05) is 38.6 Å². The molecule has 0 radical (unpaired) electrons. The predicted octanol–water partition coefficient (Wildman–Crippen LogP) is 1.18. The number of rotatable bonds is 6. The lowest BCUT2D eigenvalue weighted by Crippen LogP contribution is -2.52. The van der Waals surface area contributed by atoms with Crippen molar-refractivity contribution in [2.24, 2.45) is 0 Å². The molecule has 1 amide bonds. The molecule has 0 N–H and O–H groups in total. The van der Waals surface area contributed by atoms with Crippen molar-refractivity contribution < 1.29 is 17.9 Å². The van der Waals surface area contributed by atoms with Crippen molar-refractivity contribution in [1.82, 2.24) is 9.80 Å². The van der Waals surface area contributed by atoms with E-state index in [0.29, 0.717) is 38.3 Å². The molecule has 1 aromatic rings. The summed E-state index contributed by atoms with van der Waals surface area (Å²) in [5, 5.41) is 0. The van der Waals surface area contributed by atoms with Gasteiger partial charge in [-0.1, -0.05) is 18.2 Å². The summed E-state index contributed by atoms with van der Waals surface area (Å²) in [5.41, 5.74) is 0. The first-order chi connectivity index (χ1) is 12.0. The lowest BCUT2D eigenvalue weighted by molar-refractivity contribution is -0.133. The number of para-hydroxylation sites is 1. The number of piperazine rings is 1. The third-order valence-corrected chi connectivity index (χ3v) is 6.69. The Hall–Kier alpha value is -1.60. The van der Waals surface area contributed by atoms with Crippen LogP contribution in [0.15, 0.2) is 30.3 Å². The van der Waals surface area contributed by atoms with Crippen LogP contribution in [0.5, 0.6) is 5.75 Å². The molecule has 6 nitrogen and oxygen atoms in total. The molecule has 7 heteroatoms. The molecule has 1 unspecified atom stereocenters. The van der Waals surface area contributed by atoms with Crippen LogP contribution in [-0.4, -0.2) is 74.5 Å². The fourth-order valence-corrected chi connectivity index (χ4v) is 5.25. The molecule has 2 heterocycles. The van der Waals surface area contributed by atoms with E-state index in [2.05, 4.69) is 4.90 Å². The van der Waals surface area contributed by atoms with Crippen molar-refractivity contribution >= 4 is 15.7 Å². The van der Waals surface area contributed by atoms with Gasteiger partial charge in [0.2, 0.25) is 5.91 Å². The van der Waals surface area contributed by atoms with E-state index in [1.807, 2.05) is 35.2 Å². The van der Waals surface area contributed by atoms with Crippen molar-refractivity contribution in [2.75, 3.05) is 44.3 Å². The minimum atomic E-state index is -2.85. The fourth-order valence-electron chi connectivity index (χ4n) is 3.49. The van der Waals surface area contributed by atoms with Crippen LogP contribution in [0.3, 0.4) is 0 Å². The number of nitrogens with zero attached hydrogens (tertiary/aromatic N) is 2. The van der Waals surface area contributed by atoms with Crippen LogP contribution in [0.4, 0.5) is 0 Å². The van der Waals surface area contributed by atoms with Crippen LogP contribution in [0.25, 0.3) is 0 Å². The Morgan fingerprint density at radius 1 is 1.12 bits per heavy atom. The van der Waals surface area contributed by atoms with Crippen LogP contribution in [-0.2, 0) is 14.6 Å². The van der Waals surface area contributed by atoms with Gasteiger partial charge in [0.15, 0.2) is 9.84 Å². The highest BCUT2D eigenvalue weighted by atomic mass is 32.2. The summed E-state index contributed by atoms with van der Waals surface area (Å²) in [6.45, 7) is 3.46. The highest BCUT2D eigenvalue weighted by molar-refractivity contribution is 7.91. The van der Waals surface area contributed by atoms with Gasteiger partial charge in [-0.25, -0.2) is 8.42 Å². The molecule has 0 saturated carbocycles. The third-order valence-electron chi connectivity index (χ3n) is 4.94. The molecule has 1 atom stereocenters. The minimum absolute atomic E-state index is 0.140. The van der Waals surface area contributed by atoms with E-state index >= 15 is 0 Å². The van der Waals surface area contributed by atoms with Crippen molar-refractivity contribution in [3.8, 4) is 5.75 Å². The third kappa shape index (κ3) is 5.19. The summed E-state index contributed by atoms with van der Waals surface area (Å²) in [5.74, 6) is 1.57. The summed E-state index contributed by atoms with van der Waals surface area (Å²) in [6, 6.07) is 9.75. The van der Waals surface area contributed by atoms with Gasteiger partial charge in [-0.3, -0.25) is 9.69 Å². The maximum absolute atomic E-state index is 12.3. The normalized spacial score (nSPS) is 23.5. The number of carbonyl (C=O) groups is 1. The predicted molar refractivity (Wildman–Crippen MR) is 96.4 cm³/mol. The lowest BCUT2D eigenvalue weighted by atomic mass is 10.2. The number of hydrogen-bond acceptors (Lipinski definition) is 5. The van der Waals surface area contributed by atoms with Crippen LogP contribution in [0.1, 0.15) is 19.3 Å². The Balaban J connectivity index is 1.34. The first-order valence-electron chi connectivity index (χ1n) is 8.94. The number of hydrogen-bond donors (Lipinski definition) is 0. The zero-order valence-electron chi connectivity index (χ0n) is 14.5. The molecule has 2 fully saturated rings. The second kappa shape index (κ2) is 8.19. The Kier molecular flexibility index (Phi) is 5.96. The molecule has 0 aliphatic carbocycles. The number of carbonyl (C=O) groups excluding carboxylic acids is 1. The van der Waals surface area contributed by atoms with Crippen LogP contribution < -0.4 is 4.74 Å². The Labute approximate surface area is 149 Å². The van der Waals surface area contributed by atoms with Crippen molar-refractivity contribution in [2.45, 2.75) is 25.3 Å². The Morgan fingerprint density at radius 3 is 2.48 bits per heavy atom. The zero-order valence-corrected chi connectivity index (χ0v) is 15.3. The molecule has 1 aromatic carbocycles. The van der Waals surface area contributed by atoms with Gasteiger partial charge >= 0.3 is 0 Å². The molecule has 2 aliphatic heterocycles. The van der Waals surface area contributed by atoms with Crippen LogP contribution in [0.2, 0.25) is 0 Å². The molecule has 138 valence electrons. The first kappa shape index (κ1) is 18.2. The summed E-state index contributed by atoms with van der Waals surface area (Å²) < 4.78 is 28.8. The molecule has 3 rings (SSSR count). The molecule has 25 heavy (non-hydrogen) atoms. The van der Waals surface area contributed by atoms with Gasteiger partial charge in [0.25, 0.3) is 0 Å². The SMILES string of the molecule is O=C(CCCOc1ccccc1)N1CCN(C2CCS(=O)(=O)C2)CC1. The number of sulfone groups is 1. The number of amides is 1. The summed E-state index contributed by atoms with van der Waals surface area (Å²) in [4.78, 5) is 16.4. The molecule has 0 aromatic heterocycles. The van der Waals surface area contributed by atoms with Gasteiger partial charge in [0.1, 0.15) is 5.75 Å². The lowest BCUT2D eigenvalue weighted by Gasteiger charge is -2.37. The van der Waals surface area contributed by atoms with E-state index in [9.17, 15) is 13.2 Å².